The number of furan rings is 1. The van der Waals surface area contributed by atoms with Crippen LogP contribution in [-0.2, 0) is 28.6 Å². The van der Waals surface area contributed by atoms with Crippen LogP contribution < -0.4 is 0 Å². The third-order valence-electron chi connectivity index (χ3n) is 7.55. The predicted octanol–water partition coefficient (Wildman–Crippen LogP) is 2.71. The van der Waals surface area contributed by atoms with Gasteiger partial charge in [-0.1, -0.05) is 13.8 Å². The summed E-state index contributed by atoms with van der Waals surface area (Å²) in [6.07, 6.45) is 3.33. The molecule has 2 heterocycles. The predicted molar refractivity (Wildman–Crippen MR) is 106 cm³/mol. The Labute approximate surface area is 180 Å². The second kappa shape index (κ2) is 7.51. The van der Waals surface area contributed by atoms with E-state index in [0.29, 0.717) is 24.8 Å². The van der Waals surface area contributed by atoms with Crippen LogP contribution in [0.15, 0.2) is 34.7 Å². The van der Waals surface area contributed by atoms with Crippen LogP contribution >= 0.6 is 0 Å². The first-order chi connectivity index (χ1) is 14.6. The Balaban J connectivity index is 1.85. The quantitative estimate of drug-likeness (QED) is 0.573. The highest BCUT2D eigenvalue weighted by Gasteiger charge is 2.66. The molecule has 1 aliphatic heterocycles. The van der Waals surface area contributed by atoms with Gasteiger partial charge in [0.1, 0.15) is 18.3 Å². The zero-order valence-corrected chi connectivity index (χ0v) is 18.1. The van der Waals surface area contributed by atoms with Crippen LogP contribution in [0.25, 0.3) is 0 Å². The molecule has 0 aromatic carbocycles. The van der Waals surface area contributed by atoms with Crippen LogP contribution in [0.5, 0.6) is 0 Å². The lowest BCUT2D eigenvalue weighted by Gasteiger charge is -2.61. The SMILES string of the molecule is COC(=O)C1=C[C@H](O)C(OC(C)=O)C2[C@@]1(C)CC[C@@H]1C(=O)O[C@H](c3ccoc3)C[C@]21C. The van der Waals surface area contributed by atoms with Crippen LogP contribution in [0.3, 0.4) is 0 Å². The molecular formula is C23H28O8. The molecule has 8 nitrogen and oxygen atoms in total. The maximum atomic E-state index is 13.1. The third kappa shape index (κ3) is 3.28. The molecule has 1 saturated carbocycles. The van der Waals surface area contributed by atoms with E-state index in [0.717, 1.165) is 5.56 Å². The Morgan fingerprint density at radius 1 is 1.29 bits per heavy atom. The zero-order chi connectivity index (χ0) is 22.6. The molecule has 0 radical (unpaired) electrons. The number of esters is 3. The summed E-state index contributed by atoms with van der Waals surface area (Å²) in [7, 11) is 1.30. The van der Waals surface area contributed by atoms with E-state index in [9.17, 15) is 19.5 Å². The van der Waals surface area contributed by atoms with Crippen molar-refractivity contribution in [3.63, 3.8) is 0 Å². The molecule has 8 heteroatoms. The zero-order valence-electron chi connectivity index (χ0n) is 18.1. The van der Waals surface area contributed by atoms with Gasteiger partial charge in [-0.3, -0.25) is 9.59 Å². The maximum Gasteiger partial charge on any atom is 0.334 e. The molecule has 3 aliphatic rings. The molecule has 1 N–H and O–H groups in total. The third-order valence-corrected chi connectivity index (χ3v) is 7.55. The van der Waals surface area contributed by atoms with Crippen molar-refractivity contribution < 1.29 is 38.1 Å². The Morgan fingerprint density at radius 2 is 2.03 bits per heavy atom. The fraction of sp³-hybridized carbons (Fsp3) is 0.609. The normalized spacial score (nSPS) is 39.5. The van der Waals surface area contributed by atoms with Gasteiger partial charge in [0.05, 0.1) is 25.6 Å². The number of rotatable bonds is 3. The maximum absolute atomic E-state index is 13.1. The average molecular weight is 432 g/mol. The molecule has 0 amide bonds. The summed E-state index contributed by atoms with van der Waals surface area (Å²) in [6.45, 7) is 5.18. The molecule has 1 aromatic rings. The summed E-state index contributed by atoms with van der Waals surface area (Å²) in [6, 6.07) is 1.75. The molecule has 2 fully saturated rings. The Morgan fingerprint density at radius 3 is 2.65 bits per heavy atom. The highest BCUT2D eigenvalue weighted by atomic mass is 16.6. The largest absolute Gasteiger partial charge is 0.472 e. The Bertz CT molecular complexity index is 918. The van der Waals surface area contributed by atoms with Crippen LogP contribution in [0.4, 0.5) is 0 Å². The molecule has 1 saturated heterocycles. The number of carbonyl (C=O) groups excluding carboxylic acids is 3. The standard InChI is InChI=1S/C23H28O8/c1-12(24)30-18-16(25)9-15(20(26)28-4)22(2)7-5-14-21(27)31-17(13-6-8-29-11-13)10-23(14,3)19(18)22/h6,8-9,11,14,16-19,25H,5,7,10H2,1-4H3/t14-,16+,17+,18?,19?,22+,23+/m1/s1. The first kappa shape index (κ1) is 21.6. The number of hydrogen-bond donors (Lipinski definition) is 1. The van der Waals surface area contributed by atoms with Crippen molar-refractivity contribution >= 4 is 17.9 Å². The van der Waals surface area contributed by atoms with Crippen molar-refractivity contribution in [3.8, 4) is 0 Å². The van der Waals surface area contributed by atoms with E-state index in [1.54, 1.807) is 12.3 Å². The molecule has 7 atom stereocenters. The molecule has 0 spiro atoms. The number of aliphatic hydroxyl groups excluding tert-OH is 1. The topological polar surface area (TPSA) is 112 Å². The van der Waals surface area contributed by atoms with Crippen molar-refractivity contribution in [2.45, 2.75) is 58.3 Å². The molecule has 2 aliphatic carbocycles. The highest BCUT2D eigenvalue weighted by Crippen LogP contribution is 2.65. The number of carbonyl (C=O) groups is 3. The summed E-state index contributed by atoms with van der Waals surface area (Å²) < 4.78 is 21.6. The first-order valence-corrected chi connectivity index (χ1v) is 10.5. The van der Waals surface area contributed by atoms with E-state index in [1.165, 1.54) is 26.4 Å². The summed E-state index contributed by atoms with van der Waals surface area (Å²) in [4.78, 5) is 37.7. The van der Waals surface area contributed by atoms with Gasteiger partial charge >= 0.3 is 17.9 Å². The Kier molecular flexibility index (Phi) is 5.24. The molecule has 31 heavy (non-hydrogen) atoms. The summed E-state index contributed by atoms with van der Waals surface area (Å²) in [5.74, 6) is -2.33. The van der Waals surface area contributed by atoms with Gasteiger partial charge in [-0.05, 0) is 36.8 Å². The van der Waals surface area contributed by atoms with Gasteiger partial charge < -0.3 is 23.7 Å². The molecule has 1 aromatic heterocycles. The summed E-state index contributed by atoms with van der Waals surface area (Å²) in [5.41, 5.74) is -0.367. The molecule has 2 unspecified atom stereocenters. The van der Waals surface area contributed by atoms with Gasteiger partial charge in [-0.2, -0.15) is 0 Å². The summed E-state index contributed by atoms with van der Waals surface area (Å²) in [5, 5.41) is 10.9. The molecule has 0 bridgehead atoms. The number of aliphatic hydroxyl groups is 1. The minimum atomic E-state index is -1.20. The van der Waals surface area contributed by atoms with Crippen molar-refractivity contribution in [1.82, 2.24) is 0 Å². The minimum Gasteiger partial charge on any atom is -0.472 e. The monoisotopic (exact) mass is 432 g/mol. The smallest absolute Gasteiger partial charge is 0.334 e. The van der Waals surface area contributed by atoms with E-state index >= 15 is 0 Å². The van der Waals surface area contributed by atoms with E-state index in [2.05, 4.69) is 0 Å². The number of hydrogen-bond acceptors (Lipinski definition) is 8. The lowest BCUT2D eigenvalue weighted by atomic mass is 9.44. The molecule has 168 valence electrons. The second-order valence-electron chi connectivity index (χ2n) is 9.32. The number of methoxy groups -OCH3 is 1. The van der Waals surface area contributed by atoms with Gasteiger partial charge in [0.15, 0.2) is 0 Å². The van der Waals surface area contributed by atoms with E-state index in [-0.39, 0.29) is 5.97 Å². The van der Waals surface area contributed by atoms with Crippen molar-refractivity contribution in [2.75, 3.05) is 7.11 Å². The van der Waals surface area contributed by atoms with Gasteiger partial charge in [0.2, 0.25) is 0 Å². The lowest BCUT2D eigenvalue weighted by molar-refractivity contribution is -0.213. The van der Waals surface area contributed by atoms with Gasteiger partial charge in [-0.15, -0.1) is 0 Å². The van der Waals surface area contributed by atoms with Crippen LogP contribution in [0, 0.1) is 22.7 Å². The number of fused-ring (bicyclic) bond motifs is 3. The van der Waals surface area contributed by atoms with Gasteiger partial charge in [-0.25, -0.2) is 4.79 Å². The first-order valence-electron chi connectivity index (χ1n) is 10.5. The van der Waals surface area contributed by atoms with Crippen molar-refractivity contribution in [2.24, 2.45) is 22.7 Å². The number of cyclic esters (lactones) is 1. The second-order valence-corrected chi connectivity index (χ2v) is 9.32. The van der Waals surface area contributed by atoms with Crippen molar-refractivity contribution in [1.29, 1.82) is 0 Å². The van der Waals surface area contributed by atoms with Crippen LogP contribution in [-0.4, -0.2) is 42.3 Å². The fourth-order valence-corrected chi connectivity index (χ4v) is 6.27. The van der Waals surface area contributed by atoms with E-state index < -0.39 is 52.9 Å². The van der Waals surface area contributed by atoms with E-state index in [1.807, 2.05) is 13.8 Å². The molecule has 4 rings (SSSR count). The van der Waals surface area contributed by atoms with Crippen molar-refractivity contribution in [3.05, 3.63) is 35.8 Å². The average Bonchev–Trinajstić information content (AvgIpc) is 3.23. The Hall–Kier alpha value is -2.61. The van der Waals surface area contributed by atoms with Gasteiger partial charge in [0, 0.05) is 29.4 Å². The number of ether oxygens (including phenoxy) is 3. The van der Waals surface area contributed by atoms with Crippen LogP contribution in [0.2, 0.25) is 0 Å². The molecular weight excluding hydrogens is 404 g/mol. The minimum absolute atomic E-state index is 0.327. The van der Waals surface area contributed by atoms with E-state index in [4.69, 9.17) is 18.6 Å². The summed E-state index contributed by atoms with van der Waals surface area (Å²) >= 11 is 0. The lowest BCUT2D eigenvalue weighted by Crippen LogP contribution is -2.63. The fourth-order valence-electron chi connectivity index (χ4n) is 6.27. The highest BCUT2D eigenvalue weighted by molar-refractivity contribution is 5.90. The van der Waals surface area contributed by atoms with Crippen LogP contribution in [0.1, 0.15) is 51.7 Å². The van der Waals surface area contributed by atoms with Gasteiger partial charge in [0.25, 0.3) is 0 Å².